The summed E-state index contributed by atoms with van der Waals surface area (Å²) in [5, 5.41) is 23.2. The van der Waals surface area contributed by atoms with Gasteiger partial charge >= 0.3 is 0 Å². The maximum Gasteiger partial charge on any atom is 0.134 e. The zero-order chi connectivity index (χ0) is 20.1. The van der Waals surface area contributed by atoms with Crippen LogP contribution in [-0.4, -0.2) is 70.5 Å². The van der Waals surface area contributed by atoms with Crippen LogP contribution in [0.4, 0.5) is 11.6 Å². The lowest BCUT2D eigenvalue weighted by Gasteiger charge is -2.32. The number of benzene rings is 1. The van der Waals surface area contributed by atoms with Crippen LogP contribution in [0.25, 0.3) is 0 Å². The highest BCUT2D eigenvalue weighted by atomic mass is 16.3. The quantitative estimate of drug-likeness (QED) is 0.653. The molecule has 7 heteroatoms. The highest BCUT2D eigenvalue weighted by molar-refractivity contribution is 5.48. The van der Waals surface area contributed by atoms with Gasteiger partial charge in [-0.15, -0.1) is 0 Å². The molecule has 1 aromatic carbocycles. The summed E-state index contributed by atoms with van der Waals surface area (Å²) in [6, 6.07) is 10.5. The molecule has 3 N–H and O–H groups in total. The van der Waals surface area contributed by atoms with E-state index in [0.717, 1.165) is 57.1 Å². The molecule has 0 bridgehead atoms. The Balaban J connectivity index is 1.28. The number of nitrogens with one attached hydrogen (secondary N) is 1. The Morgan fingerprint density at radius 2 is 2.03 bits per heavy atom. The molecule has 2 aromatic rings. The summed E-state index contributed by atoms with van der Waals surface area (Å²) >= 11 is 0. The minimum Gasteiger partial charge on any atom is -0.396 e. The first-order valence-corrected chi connectivity index (χ1v) is 10.6. The van der Waals surface area contributed by atoms with Gasteiger partial charge in [-0.1, -0.05) is 24.3 Å². The van der Waals surface area contributed by atoms with E-state index < -0.39 is 6.10 Å². The van der Waals surface area contributed by atoms with E-state index >= 15 is 0 Å². The number of aliphatic hydroxyl groups excluding tert-OH is 2. The summed E-state index contributed by atoms with van der Waals surface area (Å²) in [6.45, 7) is 4.97. The molecule has 7 nitrogen and oxygen atoms in total. The predicted molar refractivity (Wildman–Crippen MR) is 114 cm³/mol. The van der Waals surface area contributed by atoms with Gasteiger partial charge in [0, 0.05) is 51.9 Å². The summed E-state index contributed by atoms with van der Waals surface area (Å²) in [5.74, 6) is 1.92. The van der Waals surface area contributed by atoms with E-state index in [1.165, 1.54) is 11.1 Å². The molecule has 0 spiro atoms. The Bertz CT molecular complexity index is 802. The number of β-amino-alcohol motifs (C(OH)–C–C–N with tert-alkyl or cyclic N) is 1. The van der Waals surface area contributed by atoms with E-state index in [-0.39, 0.29) is 6.61 Å². The summed E-state index contributed by atoms with van der Waals surface area (Å²) in [7, 11) is 0. The second kappa shape index (κ2) is 9.52. The fraction of sp³-hybridized carbons (Fsp3) is 0.545. The number of aliphatic hydroxyl groups is 2. The van der Waals surface area contributed by atoms with E-state index in [1.807, 2.05) is 6.07 Å². The zero-order valence-electron chi connectivity index (χ0n) is 16.9. The van der Waals surface area contributed by atoms with Gasteiger partial charge in [-0.3, -0.25) is 4.90 Å². The molecular formula is C22H31N5O2. The highest BCUT2D eigenvalue weighted by Gasteiger charge is 2.21. The second-order valence-electron chi connectivity index (χ2n) is 8.19. The fourth-order valence-corrected chi connectivity index (χ4v) is 4.33. The summed E-state index contributed by atoms with van der Waals surface area (Å²) in [5.41, 5.74) is 2.79. The normalized spacial score (nSPS) is 20.9. The van der Waals surface area contributed by atoms with Gasteiger partial charge in [0.2, 0.25) is 0 Å². The monoisotopic (exact) mass is 397 g/mol. The smallest absolute Gasteiger partial charge is 0.134 e. The maximum absolute atomic E-state index is 10.5. The first-order chi connectivity index (χ1) is 14.2. The average Bonchev–Trinajstić information content (AvgIpc) is 2.78. The molecule has 1 aromatic heterocycles. The molecule has 0 amide bonds. The molecule has 2 atom stereocenters. The van der Waals surface area contributed by atoms with Crippen molar-refractivity contribution in [2.75, 3.05) is 49.5 Å². The van der Waals surface area contributed by atoms with Crippen molar-refractivity contribution in [2.45, 2.75) is 31.9 Å². The number of hydrogen-bond donors (Lipinski definition) is 3. The van der Waals surface area contributed by atoms with Crippen molar-refractivity contribution >= 4 is 11.6 Å². The third-order valence-electron chi connectivity index (χ3n) is 5.95. The van der Waals surface area contributed by atoms with E-state index in [2.05, 4.69) is 49.4 Å². The van der Waals surface area contributed by atoms with Crippen LogP contribution in [0.3, 0.4) is 0 Å². The van der Waals surface area contributed by atoms with Crippen molar-refractivity contribution in [2.24, 2.45) is 5.92 Å². The number of rotatable bonds is 7. The van der Waals surface area contributed by atoms with Crippen molar-refractivity contribution in [3.8, 4) is 0 Å². The Morgan fingerprint density at radius 3 is 2.90 bits per heavy atom. The summed E-state index contributed by atoms with van der Waals surface area (Å²) in [4.78, 5) is 13.2. The first-order valence-electron chi connectivity index (χ1n) is 10.6. The molecule has 29 heavy (non-hydrogen) atoms. The molecule has 2 aliphatic heterocycles. The van der Waals surface area contributed by atoms with Crippen molar-refractivity contribution in [1.82, 2.24) is 14.9 Å². The molecule has 156 valence electrons. The number of anilines is 2. The van der Waals surface area contributed by atoms with Crippen LogP contribution in [0, 0.1) is 5.92 Å². The van der Waals surface area contributed by atoms with Crippen LogP contribution in [0.5, 0.6) is 0 Å². The van der Waals surface area contributed by atoms with E-state index in [0.29, 0.717) is 19.0 Å². The Kier molecular flexibility index (Phi) is 6.59. The number of fused-ring (bicyclic) bond motifs is 1. The van der Waals surface area contributed by atoms with Crippen molar-refractivity contribution in [3.63, 3.8) is 0 Å². The lowest BCUT2D eigenvalue weighted by Crippen LogP contribution is -2.39. The molecule has 1 saturated heterocycles. The second-order valence-corrected chi connectivity index (χ2v) is 8.19. The standard InChI is InChI=1S/C22H31N5O2/c28-15-17-4-3-8-27(12-17)22-10-21(24-16-25-22)23-11-20(29)14-26-9-7-18-5-1-2-6-19(18)13-26/h1-2,5-6,10,16-17,20,28-29H,3-4,7-9,11-15H2,(H,23,24,25). The van der Waals surface area contributed by atoms with Gasteiger partial charge in [-0.05, 0) is 36.3 Å². The summed E-state index contributed by atoms with van der Waals surface area (Å²) in [6.07, 6.45) is 4.27. The number of hydrogen-bond acceptors (Lipinski definition) is 7. The van der Waals surface area contributed by atoms with Crippen LogP contribution in [-0.2, 0) is 13.0 Å². The Morgan fingerprint density at radius 1 is 1.17 bits per heavy atom. The Labute approximate surface area is 172 Å². The zero-order valence-corrected chi connectivity index (χ0v) is 16.9. The third-order valence-corrected chi connectivity index (χ3v) is 5.95. The van der Waals surface area contributed by atoms with E-state index in [4.69, 9.17) is 0 Å². The summed E-state index contributed by atoms with van der Waals surface area (Å²) < 4.78 is 0. The van der Waals surface area contributed by atoms with Crippen LogP contribution in [0.2, 0.25) is 0 Å². The maximum atomic E-state index is 10.5. The topological polar surface area (TPSA) is 84.8 Å². The molecule has 1 fully saturated rings. The predicted octanol–water partition coefficient (Wildman–Crippen LogP) is 1.52. The fourth-order valence-electron chi connectivity index (χ4n) is 4.33. The average molecular weight is 398 g/mol. The van der Waals surface area contributed by atoms with Gasteiger partial charge in [0.05, 0.1) is 6.10 Å². The van der Waals surface area contributed by atoms with Gasteiger partial charge in [0.25, 0.3) is 0 Å². The molecule has 4 rings (SSSR count). The molecule has 0 aliphatic carbocycles. The van der Waals surface area contributed by atoms with Gasteiger partial charge in [-0.25, -0.2) is 9.97 Å². The van der Waals surface area contributed by atoms with Gasteiger partial charge < -0.3 is 20.4 Å². The van der Waals surface area contributed by atoms with Gasteiger partial charge in [-0.2, -0.15) is 0 Å². The van der Waals surface area contributed by atoms with E-state index in [1.54, 1.807) is 6.33 Å². The lowest BCUT2D eigenvalue weighted by molar-refractivity contribution is 0.114. The minimum atomic E-state index is -0.465. The molecule has 3 heterocycles. The SMILES string of the molecule is OCC1CCCN(c2cc(NCC(O)CN3CCc4ccccc4C3)ncn2)C1. The van der Waals surface area contributed by atoms with E-state index in [9.17, 15) is 10.2 Å². The number of piperidine rings is 1. The molecule has 0 saturated carbocycles. The van der Waals surface area contributed by atoms with Crippen LogP contribution < -0.4 is 10.2 Å². The highest BCUT2D eigenvalue weighted by Crippen LogP contribution is 2.22. The van der Waals surface area contributed by atoms with Gasteiger partial charge in [0.15, 0.2) is 0 Å². The van der Waals surface area contributed by atoms with Crippen LogP contribution >= 0.6 is 0 Å². The van der Waals surface area contributed by atoms with Crippen molar-refractivity contribution in [1.29, 1.82) is 0 Å². The largest absolute Gasteiger partial charge is 0.396 e. The first kappa shape index (κ1) is 20.1. The molecule has 0 radical (unpaired) electrons. The minimum absolute atomic E-state index is 0.222. The number of aromatic nitrogens is 2. The van der Waals surface area contributed by atoms with Crippen LogP contribution in [0.15, 0.2) is 36.7 Å². The van der Waals surface area contributed by atoms with Crippen molar-refractivity contribution in [3.05, 3.63) is 47.8 Å². The van der Waals surface area contributed by atoms with Crippen molar-refractivity contribution < 1.29 is 10.2 Å². The third kappa shape index (κ3) is 5.23. The Hall–Kier alpha value is -2.22. The lowest BCUT2D eigenvalue weighted by atomic mass is 9.99. The molecular weight excluding hydrogens is 366 g/mol. The number of nitrogens with zero attached hydrogens (tertiary/aromatic N) is 4. The molecule has 2 unspecified atom stereocenters. The van der Waals surface area contributed by atoms with Gasteiger partial charge in [0.1, 0.15) is 18.0 Å². The molecule has 2 aliphatic rings. The van der Waals surface area contributed by atoms with Crippen LogP contribution in [0.1, 0.15) is 24.0 Å².